The van der Waals surface area contributed by atoms with E-state index in [2.05, 4.69) is 48.5 Å². The van der Waals surface area contributed by atoms with Gasteiger partial charge in [0.25, 0.3) is 5.56 Å². The summed E-state index contributed by atoms with van der Waals surface area (Å²) in [6.45, 7) is 0. The van der Waals surface area contributed by atoms with Gasteiger partial charge < -0.3 is 9.72 Å². The largest absolute Gasteiger partial charge is 0.438 e. The third kappa shape index (κ3) is 2.62. The molecule has 2 rings (SSSR count). The van der Waals surface area contributed by atoms with E-state index >= 15 is 0 Å². The quantitative estimate of drug-likeness (QED) is 0.799. The Bertz CT molecular complexity index is 571. The first-order chi connectivity index (χ1) is 7.66. The molecule has 0 aliphatic rings. The standard InChI is InChI=1S/C10H6BrIN2O2/c11-8-9(15)13-5-14-10(8)16-7-3-1-2-6(12)4-7/h1-5H,(H,13,14,15). The minimum Gasteiger partial charge on any atom is -0.438 e. The van der Waals surface area contributed by atoms with Gasteiger partial charge in [-0.2, -0.15) is 0 Å². The molecule has 0 saturated heterocycles. The van der Waals surface area contributed by atoms with Crippen LogP contribution in [0.3, 0.4) is 0 Å². The molecule has 4 nitrogen and oxygen atoms in total. The predicted molar refractivity (Wildman–Crippen MR) is 71.8 cm³/mol. The van der Waals surface area contributed by atoms with E-state index in [-0.39, 0.29) is 15.9 Å². The second kappa shape index (κ2) is 4.96. The number of nitrogens with one attached hydrogen (secondary N) is 1. The molecule has 82 valence electrons. The number of ether oxygens (including phenoxy) is 1. The third-order valence-electron chi connectivity index (χ3n) is 1.78. The summed E-state index contributed by atoms with van der Waals surface area (Å²) in [5.74, 6) is 0.899. The van der Waals surface area contributed by atoms with Crippen LogP contribution in [0.4, 0.5) is 0 Å². The van der Waals surface area contributed by atoms with Crippen molar-refractivity contribution in [2.24, 2.45) is 0 Å². The van der Waals surface area contributed by atoms with Crippen molar-refractivity contribution in [3.05, 3.63) is 49.0 Å². The van der Waals surface area contributed by atoms with Gasteiger partial charge in [0.2, 0.25) is 5.88 Å². The molecule has 1 heterocycles. The van der Waals surface area contributed by atoms with E-state index in [4.69, 9.17) is 4.74 Å². The van der Waals surface area contributed by atoms with Crippen molar-refractivity contribution in [2.75, 3.05) is 0 Å². The van der Waals surface area contributed by atoms with E-state index in [0.29, 0.717) is 5.75 Å². The summed E-state index contributed by atoms with van der Waals surface area (Å²) >= 11 is 5.31. The molecule has 2 aromatic rings. The molecule has 0 aliphatic heterocycles. The Hall–Kier alpha value is -0.890. The van der Waals surface area contributed by atoms with E-state index in [1.54, 1.807) is 6.07 Å². The van der Waals surface area contributed by atoms with Crippen molar-refractivity contribution >= 4 is 38.5 Å². The summed E-state index contributed by atoms with van der Waals surface area (Å²) in [6, 6.07) is 7.49. The molecular weight excluding hydrogens is 387 g/mol. The van der Waals surface area contributed by atoms with E-state index in [9.17, 15) is 4.79 Å². The molecule has 16 heavy (non-hydrogen) atoms. The molecule has 1 N–H and O–H groups in total. The fourth-order valence-electron chi connectivity index (χ4n) is 1.08. The van der Waals surface area contributed by atoms with E-state index in [0.717, 1.165) is 3.57 Å². The Morgan fingerprint density at radius 3 is 3.00 bits per heavy atom. The number of nitrogens with zero attached hydrogens (tertiary/aromatic N) is 1. The third-order valence-corrected chi connectivity index (χ3v) is 3.15. The average molecular weight is 393 g/mol. The van der Waals surface area contributed by atoms with Gasteiger partial charge in [0.15, 0.2) is 0 Å². The first-order valence-electron chi connectivity index (χ1n) is 4.33. The number of rotatable bonds is 2. The Morgan fingerprint density at radius 1 is 1.44 bits per heavy atom. The predicted octanol–water partition coefficient (Wildman–Crippen LogP) is 2.93. The van der Waals surface area contributed by atoms with Gasteiger partial charge in [-0.25, -0.2) is 4.98 Å². The van der Waals surface area contributed by atoms with Gasteiger partial charge in [0, 0.05) is 3.57 Å². The first-order valence-corrected chi connectivity index (χ1v) is 6.20. The van der Waals surface area contributed by atoms with Crippen LogP contribution in [0.5, 0.6) is 11.6 Å². The number of halogens is 2. The van der Waals surface area contributed by atoms with Crippen LogP contribution >= 0.6 is 38.5 Å². The normalized spacial score (nSPS) is 10.1. The minimum absolute atomic E-state index is 0.255. The molecule has 0 bridgehead atoms. The summed E-state index contributed by atoms with van der Waals surface area (Å²) in [5, 5.41) is 0. The number of aromatic amines is 1. The van der Waals surface area contributed by atoms with Gasteiger partial charge in [0.1, 0.15) is 10.2 Å². The van der Waals surface area contributed by atoms with Crippen LogP contribution in [0, 0.1) is 3.57 Å². The van der Waals surface area contributed by atoms with Crippen LogP contribution in [0.2, 0.25) is 0 Å². The van der Waals surface area contributed by atoms with Crippen LogP contribution in [-0.4, -0.2) is 9.97 Å². The lowest BCUT2D eigenvalue weighted by Gasteiger charge is -2.05. The van der Waals surface area contributed by atoms with Crippen molar-refractivity contribution in [3.8, 4) is 11.6 Å². The van der Waals surface area contributed by atoms with Gasteiger partial charge in [-0.3, -0.25) is 4.79 Å². The molecule has 6 heteroatoms. The lowest BCUT2D eigenvalue weighted by molar-refractivity contribution is 0.456. The maximum absolute atomic E-state index is 11.3. The number of hydrogen-bond donors (Lipinski definition) is 1. The maximum atomic E-state index is 11.3. The molecule has 0 aliphatic carbocycles. The Morgan fingerprint density at radius 2 is 2.25 bits per heavy atom. The van der Waals surface area contributed by atoms with Crippen LogP contribution in [0.15, 0.2) is 39.9 Å². The van der Waals surface area contributed by atoms with Gasteiger partial charge in [0.05, 0.1) is 6.33 Å². The van der Waals surface area contributed by atoms with E-state index in [1.807, 2.05) is 18.2 Å². The van der Waals surface area contributed by atoms with Crippen LogP contribution in [0.25, 0.3) is 0 Å². The van der Waals surface area contributed by atoms with Crippen LogP contribution in [-0.2, 0) is 0 Å². The molecule has 1 aromatic carbocycles. The minimum atomic E-state index is -0.268. The Kier molecular flexibility index (Phi) is 3.59. The average Bonchev–Trinajstić information content (AvgIpc) is 2.25. The fraction of sp³-hybridized carbons (Fsp3) is 0. The lowest BCUT2D eigenvalue weighted by Crippen LogP contribution is -2.08. The highest BCUT2D eigenvalue weighted by Gasteiger charge is 2.07. The van der Waals surface area contributed by atoms with Crippen molar-refractivity contribution < 1.29 is 4.74 Å². The summed E-state index contributed by atoms with van der Waals surface area (Å²) in [4.78, 5) is 17.7. The van der Waals surface area contributed by atoms with Gasteiger partial charge in [-0.1, -0.05) is 6.07 Å². The molecule has 0 spiro atoms. The van der Waals surface area contributed by atoms with Crippen molar-refractivity contribution in [3.63, 3.8) is 0 Å². The van der Waals surface area contributed by atoms with Crippen LogP contribution < -0.4 is 10.3 Å². The summed E-state index contributed by atoms with van der Waals surface area (Å²) in [7, 11) is 0. The molecule has 0 fully saturated rings. The topological polar surface area (TPSA) is 55.0 Å². The van der Waals surface area contributed by atoms with Gasteiger partial charge in [-0.15, -0.1) is 0 Å². The van der Waals surface area contributed by atoms with E-state index in [1.165, 1.54) is 6.33 Å². The zero-order valence-corrected chi connectivity index (χ0v) is 11.6. The second-order valence-electron chi connectivity index (χ2n) is 2.91. The highest BCUT2D eigenvalue weighted by Crippen LogP contribution is 2.24. The summed E-state index contributed by atoms with van der Waals surface area (Å²) < 4.78 is 6.83. The smallest absolute Gasteiger partial charge is 0.268 e. The monoisotopic (exact) mass is 392 g/mol. The number of benzene rings is 1. The fourth-order valence-corrected chi connectivity index (χ4v) is 1.89. The van der Waals surface area contributed by atoms with E-state index < -0.39 is 0 Å². The second-order valence-corrected chi connectivity index (χ2v) is 4.95. The number of H-pyrrole nitrogens is 1. The molecule has 0 atom stereocenters. The molecule has 0 unspecified atom stereocenters. The maximum Gasteiger partial charge on any atom is 0.268 e. The molecule has 1 aromatic heterocycles. The highest BCUT2D eigenvalue weighted by molar-refractivity contribution is 14.1. The Balaban J connectivity index is 2.34. The zero-order chi connectivity index (χ0) is 11.5. The number of hydrogen-bond acceptors (Lipinski definition) is 3. The van der Waals surface area contributed by atoms with Gasteiger partial charge in [-0.05, 0) is 56.7 Å². The van der Waals surface area contributed by atoms with Gasteiger partial charge >= 0.3 is 0 Å². The van der Waals surface area contributed by atoms with Crippen molar-refractivity contribution in [1.82, 2.24) is 9.97 Å². The van der Waals surface area contributed by atoms with Crippen molar-refractivity contribution in [2.45, 2.75) is 0 Å². The summed E-state index contributed by atoms with van der Waals surface area (Å²) in [6.07, 6.45) is 1.30. The SMILES string of the molecule is O=c1[nH]cnc(Oc2cccc(I)c2)c1Br. The Labute approximate surface area is 113 Å². The lowest BCUT2D eigenvalue weighted by atomic mass is 10.3. The van der Waals surface area contributed by atoms with Crippen molar-refractivity contribution in [1.29, 1.82) is 0 Å². The molecular formula is C10H6BrIN2O2. The zero-order valence-electron chi connectivity index (χ0n) is 7.91. The first kappa shape index (κ1) is 11.6. The molecule has 0 amide bonds. The molecule has 0 radical (unpaired) electrons. The molecule has 0 saturated carbocycles. The summed E-state index contributed by atoms with van der Waals surface area (Å²) in [5.41, 5.74) is -0.268. The van der Waals surface area contributed by atoms with Crippen LogP contribution in [0.1, 0.15) is 0 Å². The highest BCUT2D eigenvalue weighted by atomic mass is 127. The number of aromatic nitrogens is 2.